The van der Waals surface area contributed by atoms with Crippen LogP contribution in [0.1, 0.15) is 0 Å². The van der Waals surface area contributed by atoms with E-state index in [0.29, 0.717) is 0 Å². The molecule has 4 aromatic carbocycles. The Hall–Kier alpha value is -3.02. The van der Waals surface area contributed by atoms with Gasteiger partial charge < -0.3 is 19.6 Å². The zero-order valence-corrected chi connectivity index (χ0v) is 19.8. The maximum Gasteiger partial charge on any atom is 0.0332 e. The normalized spacial score (nSPS) is 14.6. The molecular weight excluding hydrogens is 559 g/mol. The van der Waals surface area contributed by atoms with Gasteiger partial charge in [-0.15, -0.1) is 29.6 Å². The number of nitrogens with zero attached hydrogens (tertiary/aromatic N) is 4. The van der Waals surface area contributed by atoms with Crippen LogP contribution in [0.2, 0.25) is 0 Å². The first-order valence-electron chi connectivity index (χ1n) is 10.1. The maximum atomic E-state index is 3.64. The molecule has 0 radical (unpaired) electrons. The number of fused-ring (bicyclic) bond motifs is 3. The third-order valence-electron chi connectivity index (χ3n) is 5.86. The van der Waals surface area contributed by atoms with Gasteiger partial charge in [-0.25, -0.2) is 0 Å². The van der Waals surface area contributed by atoms with E-state index in [4.69, 9.17) is 0 Å². The zero-order valence-electron chi connectivity index (χ0n) is 17.3. The number of hydrogen-bond acceptors (Lipinski definition) is 4. The number of anilines is 6. The van der Waals surface area contributed by atoms with E-state index in [9.17, 15) is 0 Å². The first-order chi connectivity index (χ1) is 14.7. The summed E-state index contributed by atoms with van der Waals surface area (Å²) in [7, 11) is 4.17. The molecule has 6 rings (SSSR count). The Morgan fingerprint density at radius 2 is 1.10 bits per heavy atom. The Morgan fingerprint density at radius 3 is 1.77 bits per heavy atom. The van der Waals surface area contributed by atoms with Gasteiger partial charge in [-0.2, -0.15) is 19.4 Å². The molecule has 2 aliphatic heterocycles. The van der Waals surface area contributed by atoms with Gasteiger partial charge in [0.2, 0.25) is 0 Å². The Kier molecular flexibility index (Phi) is 4.87. The summed E-state index contributed by atoms with van der Waals surface area (Å²) in [5.41, 5.74) is 6.78. The number of rotatable bonds is 2. The van der Waals surface area contributed by atoms with Crippen molar-refractivity contribution in [3.63, 3.8) is 0 Å². The van der Waals surface area contributed by atoms with Crippen LogP contribution in [-0.4, -0.2) is 14.1 Å². The number of hydrogen-bond donors (Lipinski definition) is 0. The first kappa shape index (κ1) is 19.9. The predicted molar refractivity (Wildman–Crippen MR) is 125 cm³/mol. The smallest absolute Gasteiger partial charge is 0.0332 e. The van der Waals surface area contributed by atoms with Gasteiger partial charge in [0.15, 0.2) is 0 Å². The van der Waals surface area contributed by atoms with E-state index in [1.165, 1.54) is 33.5 Å². The van der Waals surface area contributed by atoms with E-state index in [1.54, 1.807) is 0 Å². The molecule has 0 saturated carbocycles. The largest absolute Gasteiger partial charge is 0.504 e. The minimum absolute atomic E-state index is 0. The van der Waals surface area contributed by atoms with E-state index < -0.39 is 0 Å². The summed E-state index contributed by atoms with van der Waals surface area (Å²) < 4.78 is 0. The Morgan fingerprint density at radius 1 is 0.581 bits per heavy atom. The van der Waals surface area contributed by atoms with Gasteiger partial charge >= 0.3 is 0 Å². The zero-order chi connectivity index (χ0) is 20.2. The molecular formula is C26H21N4Os-3. The Labute approximate surface area is 196 Å². The average Bonchev–Trinajstić information content (AvgIpc) is 3.30. The quantitative estimate of drug-likeness (QED) is 0.268. The summed E-state index contributed by atoms with van der Waals surface area (Å²) in [5, 5.41) is 2.49. The molecule has 31 heavy (non-hydrogen) atoms. The van der Waals surface area contributed by atoms with E-state index in [-0.39, 0.29) is 19.8 Å². The summed E-state index contributed by atoms with van der Waals surface area (Å²) in [6.07, 6.45) is 0. The minimum Gasteiger partial charge on any atom is -0.504 e. The van der Waals surface area contributed by atoms with E-state index in [0.717, 1.165) is 11.4 Å². The van der Waals surface area contributed by atoms with Crippen molar-refractivity contribution in [1.29, 1.82) is 0 Å². The fourth-order valence-electron chi connectivity index (χ4n) is 4.36. The molecule has 4 nitrogen and oxygen atoms in total. The molecule has 5 heteroatoms. The second kappa shape index (κ2) is 7.59. The van der Waals surface area contributed by atoms with Crippen molar-refractivity contribution >= 4 is 44.9 Å². The van der Waals surface area contributed by atoms with Gasteiger partial charge in [0, 0.05) is 42.5 Å². The standard InChI is InChI=1S/C26H21N4.Os/c1-27-17-29(24-13-6-5-12-23(24)27)21-10-7-11-22(16-21)30-18-28(2)25-14-19-8-3-4-9-20(19)15-26(25)30;/h3-15,17-18H,1-2H3;/q-3;. The van der Waals surface area contributed by atoms with Crippen molar-refractivity contribution < 1.29 is 19.8 Å². The monoisotopic (exact) mass is 581 g/mol. The van der Waals surface area contributed by atoms with Crippen molar-refractivity contribution in [3.05, 3.63) is 98.3 Å². The van der Waals surface area contributed by atoms with Crippen LogP contribution in [-0.2, 0) is 19.8 Å². The fourth-order valence-corrected chi connectivity index (χ4v) is 4.36. The van der Waals surface area contributed by atoms with Crippen molar-refractivity contribution in [2.45, 2.75) is 0 Å². The summed E-state index contributed by atoms with van der Waals surface area (Å²) in [6.45, 7) is 4.24. The second-order valence-electron chi connectivity index (χ2n) is 7.79. The average molecular weight is 580 g/mol. The topological polar surface area (TPSA) is 13.0 Å². The van der Waals surface area contributed by atoms with Gasteiger partial charge in [-0.1, -0.05) is 36.4 Å². The fraction of sp³-hybridized carbons (Fsp3) is 0.0769. The maximum absolute atomic E-state index is 3.64. The predicted octanol–water partition coefficient (Wildman–Crippen LogP) is 6.05. The van der Waals surface area contributed by atoms with Gasteiger partial charge in [0.25, 0.3) is 0 Å². The van der Waals surface area contributed by atoms with Crippen LogP contribution in [0.25, 0.3) is 10.8 Å². The third-order valence-corrected chi connectivity index (χ3v) is 5.86. The molecule has 2 heterocycles. The van der Waals surface area contributed by atoms with Crippen LogP contribution >= 0.6 is 0 Å². The third kappa shape index (κ3) is 3.16. The van der Waals surface area contributed by atoms with E-state index in [1.807, 2.05) is 0 Å². The minimum atomic E-state index is 0. The van der Waals surface area contributed by atoms with Crippen molar-refractivity contribution in [2.24, 2.45) is 0 Å². The van der Waals surface area contributed by atoms with Crippen molar-refractivity contribution in [1.82, 2.24) is 0 Å². The molecule has 2 aliphatic rings. The SMILES string of the molecule is CN1[CH-]N(c2[c-]c(N3[CH-]N(C)c4cc5ccccc5cc43)ccc2)c2ccccc21.[Os]. The van der Waals surface area contributed by atoms with E-state index >= 15 is 0 Å². The van der Waals surface area contributed by atoms with Crippen LogP contribution < -0.4 is 19.6 Å². The number of benzene rings is 4. The van der Waals surface area contributed by atoms with Crippen LogP contribution in [0.5, 0.6) is 0 Å². The summed E-state index contributed by atoms with van der Waals surface area (Å²) in [4.78, 5) is 8.73. The first-order valence-corrected chi connectivity index (χ1v) is 10.1. The molecule has 0 unspecified atom stereocenters. The molecule has 4 aromatic rings. The van der Waals surface area contributed by atoms with Crippen LogP contribution in [0, 0.1) is 19.4 Å². The molecule has 0 spiro atoms. The molecule has 0 fully saturated rings. The van der Waals surface area contributed by atoms with Gasteiger partial charge in [0.05, 0.1) is 0 Å². The van der Waals surface area contributed by atoms with E-state index in [2.05, 4.69) is 132 Å². The number of para-hydroxylation sites is 2. The van der Waals surface area contributed by atoms with Crippen LogP contribution in [0.15, 0.2) is 78.9 Å². The Balaban J connectivity index is 0.00000204. The second-order valence-corrected chi connectivity index (χ2v) is 7.79. The molecule has 0 N–H and O–H groups in total. The van der Waals surface area contributed by atoms with Gasteiger partial charge in [0.1, 0.15) is 0 Å². The molecule has 156 valence electrons. The van der Waals surface area contributed by atoms with Gasteiger partial charge in [-0.3, -0.25) is 0 Å². The Bertz CT molecular complexity index is 1270. The van der Waals surface area contributed by atoms with Crippen molar-refractivity contribution in [2.75, 3.05) is 33.7 Å². The molecule has 0 bridgehead atoms. The summed E-state index contributed by atoms with van der Waals surface area (Å²) >= 11 is 0. The molecule has 0 aliphatic carbocycles. The summed E-state index contributed by atoms with van der Waals surface area (Å²) in [5.74, 6) is 0. The van der Waals surface area contributed by atoms with Gasteiger partial charge in [-0.05, 0) is 49.1 Å². The molecule has 0 amide bonds. The van der Waals surface area contributed by atoms with Crippen LogP contribution in [0.3, 0.4) is 0 Å². The molecule has 0 aromatic heterocycles. The molecule has 0 saturated heterocycles. The van der Waals surface area contributed by atoms with Crippen LogP contribution in [0.4, 0.5) is 34.1 Å². The summed E-state index contributed by atoms with van der Waals surface area (Å²) in [6, 6.07) is 31.4. The van der Waals surface area contributed by atoms with Crippen molar-refractivity contribution in [3.8, 4) is 0 Å². The molecule has 0 atom stereocenters.